The van der Waals surface area contributed by atoms with Gasteiger partial charge in [0.1, 0.15) is 17.5 Å². The lowest BCUT2D eigenvalue weighted by Crippen LogP contribution is -2.41. The van der Waals surface area contributed by atoms with E-state index in [2.05, 4.69) is 15.6 Å². The van der Waals surface area contributed by atoms with Crippen LogP contribution in [-0.2, 0) is 16.1 Å². The lowest BCUT2D eigenvalue weighted by Gasteiger charge is -2.28. The van der Waals surface area contributed by atoms with Crippen LogP contribution >= 0.6 is 11.6 Å². The van der Waals surface area contributed by atoms with Crippen LogP contribution in [0.5, 0.6) is 0 Å². The standard InChI is InChI=1S/C24H25ClF2N4O3/c1-24(7-9-28,22(32)30-14-16-3-2-4-19(27)21(16)25)8-10-34-23(33)31-20-12-17-11-18(26)6-5-15(17)13-29-20/h2-6,11-13H,7-10,14,28H2,1H3,(H,30,32)(H,29,31,33). The normalized spacial score (nSPS) is 12.7. The third kappa shape index (κ3) is 6.39. The van der Waals surface area contributed by atoms with Crippen LogP contribution in [0, 0.1) is 17.0 Å². The van der Waals surface area contributed by atoms with Crippen LogP contribution < -0.4 is 16.4 Å². The first-order valence-electron chi connectivity index (χ1n) is 10.6. The quantitative estimate of drug-likeness (QED) is 0.400. The molecule has 0 aliphatic rings. The Bertz CT molecular complexity index is 1190. The minimum absolute atomic E-state index is 0.0468. The summed E-state index contributed by atoms with van der Waals surface area (Å²) in [5.41, 5.74) is 5.21. The Hall–Kier alpha value is -3.30. The van der Waals surface area contributed by atoms with Crippen molar-refractivity contribution in [1.82, 2.24) is 10.3 Å². The van der Waals surface area contributed by atoms with Crippen LogP contribution in [0.4, 0.5) is 19.4 Å². The van der Waals surface area contributed by atoms with Crippen molar-refractivity contribution in [3.63, 3.8) is 0 Å². The molecular formula is C24H25ClF2N4O3. The van der Waals surface area contributed by atoms with Gasteiger partial charge in [0.25, 0.3) is 0 Å². The molecule has 1 aromatic heterocycles. The lowest BCUT2D eigenvalue weighted by atomic mass is 9.82. The average Bonchev–Trinajstić information content (AvgIpc) is 2.79. The van der Waals surface area contributed by atoms with Gasteiger partial charge in [0, 0.05) is 18.1 Å². The van der Waals surface area contributed by atoms with E-state index in [4.69, 9.17) is 22.1 Å². The number of carbonyl (C=O) groups excluding carboxylic acids is 2. The largest absolute Gasteiger partial charge is 0.449 e. The molecule has 1 atom stereocenters. The van der Waals surface area contributed by atoms with Gasteiger partial charge in [-0.2, -0.15) is 0 Å². The van der Waals surface area contributed by atoms with Crippen molar-refractivity contribution >= 4 is 40.2 Å². The van der Waals surface area contributed by atoms with Crippen LogP contribution in [0.2, 0.25) is 5.02 Å². The highest BCUT2D eigenvalue weighted by molar-refractivity contribution is 6.31. The Labute approximate surface area is 200 Å². The van der Waals surface area contributed by atoms with Crippen molar-refractivity contribution in [3.8, 4) is 0 Å². The van der Waals surface area contributed by atoms with Gasteiger partial charge in [-0.05, 0) is 60.7 Å². The van der Waals surface area contributed by atoms with E-state index in [9.17, 15) is 18.4 Å². The van der Waals surface area contributed by atoms with Crippen molar-refractivity contribution in [1.29, 1.82) is 0 Å². The van der Waals surface area contributed by atoms with Gasteiger partial charge in [-0.3, -0.25) is 10.1 Å². The second-order valence-electron chi connectivity index (χ2n) is 8.07. The fourth-order valence-corrected chi connectivity index (χ4v) is 3.63. The molecule has 0 aliphatic heterocycles. The van der Waals surface area contributed by atoms with Gasteiger partial charge >= 0.3 is 6.09 Å². The SMILES string of the molecule is CC(CCN)(CCOC(=O)Nc1cc2cc(F)ccc2cn1)C(=O)NCc1cccc(F)c1Cl. The monoisotopic (exact) mass is 490 g/mol. The predicted octanol–water partition coefficient (Wildman–Crippen LogP) is 4.78. The summed E-state index contributed by atoms with van der Waals surface area (Å²) in [6.07, 6.45) is 1.30. The van der Waals surface area contributed by atoms with Gasteiger partial charge in [-0.15, -0.1) is 0 Å². The van der Waals surface area contributed by atoms with E-state index < -0.39 is 23.1 Å². The number of anilines is 1. The summed E-state index contributed by atoms with van der Waals surface area (Å²) in [6, 6.07) is 10.1. The van der Waals surface area contributed by atoms with Crippen molar-refractivity contribution < 1.29 is 23.1 Å². The molecule has 10 heteroatoms. The summed E-state index contributed by atoms with van der Waals surface area (Å²) in [6.45, 7) is 1.95. The first kappa shape index (κ1) is 25.3. The van der Waals surface area contributed by atoms with E-state index >= 15 is 0 Å². The molecule has 2 amide bonds. The van der Waals surface area contributed by atoms with E-state index in [1.807, 2.05) is 0 Å². The maximum Gasteiger partial charge on any atom is 0.412 e. The number of hydrogen-bond donors (Lipinski definition) is 3. The number of fused-ring (bicyclic) bond motifs is 1. The minimum atomic E-state index is -0.923. The number of aromatic nitrogens is 1. The molecule has 0 spiro atoms. The topological polar surface area (TPSA) is 106 Å². The number of nitrogens with zero attached hydrogens (tertiary/aromatic N) is 1. The van der Waals surface area contributed by atoms with Gasteiger partial charge in [-0.25, -0.2) is 18.6 Å². The zero-order chi connectivity index (χ0) is 24.7. The number of carbonyl (C=O) groups is 2. The molecule has 0 fully saturated rings. The van der Waals surface area contributed by atoms with E-state index in [0.717, 1.165) is 5.39 Å². The second kappa shape index (κ2) is 11.2. The number of amides is 2. The third-order valence-electron chi connectivity index (χ3n) is 5.52. The summed E-state index contributed by atoms with van der Waals surface area (Å²) in [5.74, 6) is -1.08. The van der Waals surface area contributed by atoms with Crippen LogP contribution in [0.25, 0.3) is 10.8 Å². The minimum Gasteiger partial charge on any atom is -0.449 e. The lowest BCUT2D eigenvalue weighted by molar-refractivity contribution is -0.131. The first-order valence-corrected chi connectivity index (χ1v) is 11.0. The summed E-state index contributed by atoms with van der Waals surface area (Å²) < 4.78 is 32.3. The summed E-state index contributed by atoms with van der Waals surface area (Å²) in [7, 11) is 0. The van der Waals surface area contributed by atoms with Gasteiger partial charge in [0.2, 0.25) is 5.91 Å². The molecule has 7 nitrogen and oxygen atoms in total. The molecule has 3 aromatic rings. The molecule has 0 aliphatic carbocycles. The second-order valence-corrected chi connectivity index (χ2v) is 8.44. The Morgan fingerprint density at radius 2 is 1.94 bits per heavy atom. The average molecular weight is 491 g/mol. The fraction of sp³-hybridized carbons (Fsp3) is 0.292. The van der Waals surface area contributed by atoms with E-state index in [-0.39, 0.29) is 42.9 Å². The smallest absolute Gasteiger partial charge is 0.412 e. The van der Waals surface area contributed by atoms with Crippen molar-refractivity contribution in [3.05, 3.63) is 70.9 Å². The number of pyridine rings is 1. The van der Waals surface area contributed by atoms with Crippen LogP contribution in [-0.4, -0.2) is 30.1 Å². The number of nitrogens with one attached hydrogen (secondary N) is 2. The Morgan fingerprint density at radius 3 is 2.71 bits per heavy atom. The van der Waals surface area contributed by atoms with Gasteiger partial charge in [0.05, 0.1) is 17.0 Å². The third-order valence-corrected chi connectivity index (χ3v) is 5.94. The van der Waals surface area contributed by atoms with Gasteiger partial charge < -0.3 is 15.8 Å². The molecule has 34 heavy (non-hydrogen) atoms. The molecule has 3 rings (SSSR count). The Kier molecular flexibility index (Phi) is 8.36. The molecule has 0 saturated heterocycles. The van der Waals surface area contributed by atoms with E-state index in [1.54, 1.807) is 19.1 Å². The summed E-state index contributed by atoms with van der Waals surface area (Å²) >= 11 is 5.94. The molecule has 0 saturated carbocycles. The maximum absolute atomic E-state index is 13.6. The number of rotatable bonds is 9. The Morgan fingerprint density at radius 1 is 1.15 bits per heavy atom. The first-order chi connectivity index (χ1) is 16.2. The van der Waals surface area contributed by atoms with Crippen molar-refractivity contribution in [2.75, 3.05) is 18.5 Å². The Balaban J connectivity index is 1.55. The highest BCUT2D eigenvalue weighted by atomic mass is 35.5. The zero-order valence-corrected chi connectivity index (χ0v) is 19.3. The maximum atomic E-state index is 13.6. The van der Waals surface area contributed by atoms with Crippen LogP contribution in [0.1, 0.15) is 25.3 Å². The number of ether oxygens (including phenoxy) is 1. The van der Waals surface area contributed by atoms with Crippen LogP contribution in [0.3, 0.4) is 0 Å². The van der Waals surface area contributed by atoms with Crippen LogP contribution in [0.15, 0.2) is 48.7 Å². The predicted molar refractivity (Wildman–Crippen MR) is 126 cm³/mol. The highest BCUT2D eigenvalue weighted by Crippen LogP contribution is 2.27. The number of halogens is 3. The summed E-state index contributed by atoms with van der Waals surface area (Å²) in [4.78, 5) is 29.1. The number of benzene rings is 2. The molecule has 4 N–H and O–H groups in total. The molecule has 1 heterocycles. The van der Waals surface area contributed by atoms with Gasteiger partial charge in [-0.1, -0.05) is 30.7 Å². The van der Waals surface area contributed by atoms with Crippen molar-refractivity contribution in [2.24, 2.45) is 11.1 Å². The molecule has 180 valence electrons. The summed E-state index contributed by atoms with van der Waals surface area (Å²) in [5, 5.41) is 6.50. The molecule has 0 radical (unpaired) electrons. The fourth-order valence-electron chi connectivity index (χ4n) is 3.43. The number of hydrogen-bond acceptors (Lipinski definition) is 5. The van der Waals surface area contributed by atoms with Gasteiger partial charge in [0.15, 0.2) is 0 Å². The zero-order valence-electron chi connectivity index (χ0n) is 18.5. The van der Waals surface area contributed by atoms with Crippen molar-refractivity contribution in [2.45, 2.75) is 26.3 Å². The highest BCUT2D eigenvalue weighted by Gasteiger charge is 2.32. The van der Waals surface area contributed by atoms with E-state index in [1.165, 1.54) is 36.5 Å². The number of nitrogens with two attached hydrogens (primary N) is 1. The molecule has 0 bridgehead atoms. The molecular weight excluding hydrogens is 466 g/mol. The molecule has 1 unspecified atom stereocenters. The molecule has 2 aromatic carbocycles. The van der Waals surface area contributed by atoms with E-state index in [0.29, 0.717) is 17.4 Å².